The molecule has 0 saturated carbocycles. The van der Waals surface area contributed by atoms with E-state index in [0.29, 0.717) is 0 Å². The molecule has 3 nitrogen and oxygen atoms in total. The lowest BCUT2D eigenvalue weighted by atomic mass is 10.0. The minimum absolute atomic E-state index is 0.252. The molecule has 1 fully saturated rings. The van der Waals surface area contributed by atoms with E-state index in [2.05, 4.69) is 43.6 Å². The van der Waals surface area contributed by atoms with Gasteiger partial charge in [-0.2, -0.15) is 0 Å². The van der Waals surface area contributed by atoms with Crippen molar-refractivity contribution in [2.45, 2.75) is 33.2 Å². The smallest absolute Gasteiger partial charge is 0.150 e. The third-order valence-electron chi connectivity index (χ3n) is 3.93. The van der Waals surface area contributed by atoms with Gasteiger partial charge in [0.1, 0.15) is 6.29 Å². The van der Waals surface area contributed by atoms with Crippen LogP contribution in [0.1, 0.15) is 36.7 Å². The fraction of sp³-hybridized carbons (Fsp3) is 0.562. The lowest BCUT2D eigenvalue weighted by Crippen LogP contribution is -2.53. The van der Waals surface area contributed by atoms with Crippen LogP contribution in [0.2, 0.25) is 0 Å². The van der Waals surface area contributed by atoms with Gasteiger partial charge in [0.2, 0.25) is 0 Å². The van der Waals surface area contributed by atoms with Crippen molar-refractivity contribution in [3.63, 3.8) is 0 Å². The zero-order valence-corrected chi connectivity index (χ0v) is 12.4. The number of aryl methyl sites for hydroxylation is 1. The number of rotatable bonds is 2. The van der Waals surface area contributed by atoms with E-state index in [-0.39, 0.29) is 5.54 Å². The van der Waals surface area contributed by atoms with Gasteiger partial charge < -0.3 is 4.90 Å². The maximum absolute atomic E-state index is 10.8. The molecule has 2 rings (SSSR count). The van der Waals surface area contributed by atoms with E-state index in [9.17, 15) is 4.79 Å². The molecule has 0 atom stereocenters. The van der Waals surface area contributed by atoms with E-state index in [1.165, 1.54) is 11.3 Å². The normalized spacial score (nSPS) is 17.6. The van der Waals surface area contributed by atoms with E-state index >= 15 is 0 Å². The quantitative estimate of drug-likeness (QED) is 0.764. The van der Waals surface area contributed by atoms with Crippen molar-refractivity contribution in [2.75, 3.05) is 31.1 Å². The Bertz CT molecular complexity index is 454. The molecule has 104 valence electrons. The molecule has 0 unspecified atom stereocenters. The summed E-state index contributed by atoms with van der Waals surface area (Å²) in [5.74, 6) is 0. The molecule has 1 aliphatic rings. The van der Waals surface area contributed by atoms with E-state index in [4.69, 9.17) is 0 Å². The van der Waals surface area contributed by atoms with Gasteiger partial charge in [0.15, 0.2) is 0 Å². The minimum atomic E-state index is 0.252. The standard InChI is InChI=1S/C16H24N2O/c1-13-11-14(12-19)5-6-15(13)17-7-9-18(10-8-17)16(2,3)4/h5-6,11-12H,7-10H2,1-4H3. The molecule has 1 heterocycles. The van der Waals surface area contributed by atoms with Crippen molar-refractivity contribution >= 4 is 12.0 Å². The van der Waals surface area contributed by atoms with Crippen molar-refractivity contribution in [1.82, 2.24) is 4.90 Å². The number of piperazine rings is 1. The van der Waals surface area contributed by atoms with Crippen LogP contribution in [0.5, 0.6) is 0 Å². The third kappa shape index (κ3) is 3.16. The monoisotopic (exact) mass is 260 g/mol. The molecule has 0 N–H and O–H groups in total. The number of anilines is 1. The fourth-order valence-electron chi connectivity index (χ4n) is 2.72. The largest absolute Gasteiger partial charge is 0.369 e. The molecule has 0 spiro atoms. The molecule has 1 aromatic carbocycles. The van der Waals surface area contributed by atoms with Gasteiger partial charge in [-0.05, 0) is 51.5 Å². The Balaban J connectivity index is 2.08. The average molecular weight is 260 g/mol. The van der Waals surface area contributed by atoms with Crippen molar-refractivity contribution in [3.05, 3.63) is 29.3 Å². The van der Waals surface area contributed by atoms with Crippen molar-refractivity contribution in [1.29, 1.82) is 0 Å². The second kappa shape index (κ2) is 5.33. The van der Waals surface area contributed by atoms with E-state index < -0.39 is 0 Å². The highest BCUT2D eigenvalue weighted by atomic mass is 16.1. The van der Waals surface area contributed by atoms with Crippen LogP contribution in [-0.2, 0) is 0 Å². The van der Waals surface area contributed by atoms with Gasteiger partial charge in [0, 0.05) is 43.0 Å². The zero-order valence-electron chi connectivity index (χ0n) is 12.4. The molecular weight excluding hydrogens is 236 g/mol. The Morgan fingerprint density at radius 2 is 1.74 bits per heavy atom. The van der Waals surface area contributed by atoms with E-state index in [1.807, 2.05) is 12.1 Å². The van der Waals surface area contributed by atoms with Crippen LogP contribution < -0.4 is 4.90 Å². The second-order valence-corrected chi connectivity index (χ2v) is 6.31. The lowest BCUT2D eigenvalue weighted by Gasteiger charge is -2.43. The number of carbonyl (C=O) groups is 1. The van der Waals surface area contributed by atoms with Gasteiger partial charge in [-0.15, -0.1) is 0 Å². The lowest BCUT2D eigenvalue weighted by molar-refractivity contribution is 0.112. The van der Waals surface area contributed by atoms with Gasteiger partial charge in [0.05, 0.1) is 0 Å². The first-order valence-corrected chi connectivity index (χ1v) is 6.97. The first kappa shape index (κ1) is 14.1. The minimum Gasteiger partial charge on any atom is -0.369 e. The molecule has 0 radical (unpaired) electrons. The topological polar surface area (TPSA) is 23.6 Å². The Morgan fingerprint density at radius 1 is 1.11 bits per heavy atom. The summed E-state index contributed by atoms with van der Waals surface area (Å²) < 4.78 is 0. The number of carbonyl (C=O) groups excluding carboxylic acids is 1. The molecule has 0 bridgehead atoms. The molecular formula is C16H24N2O. The first-order valence-electron chi connectivity index (χ1n) is 6.97. The van der Waals surface area contributed by atoms with Crippen LogP contribution in [0.4, 0.5) is 5.69 Å². The molecule has 1 aromatic rings. The highest BCUT2D eigenvalue weighted by Crippen LogP contribution is 2.24. The Kier molecular flexibility index (Phi) is 3.95. The summed E-state index contributed by atoms with van der Waals surface area (Å²) in [5, 5.41) is 0. The van der Waals surface area contributed by atoms with E-state index in [1.54, 1.807) is 0 Å². The number of hydrogen-bond donors (Lipinski definition) is 0. The maximum Gasteiger partial charge on any atom is 0.150 e. The van der Waals surface area contributed by atoms with Crippen LogP contribution in [0.25, 0.3) is 0 Å². The molecule has 0 amide bonds. The van der Waals surface area contributed by atoms with Crippen molar-refractivity contribution in [3.8, 4) is 0 Å². The van der Waals surface area contributed by atoms with Crippen LogP contribution in [0.3, 0.4) is 0 Å². The highest BCUT2D eigenvalue weighted by Gasteiger charge is 2.26. The van der Waals surface area contributed by atoms with Crippen LogP contribution in [-0.4, -0.2) is 42.9 Å². The summed E-state index contributed by atoms with van der Waals surface area (Å²) in [7, 11) is 0. The summed E-state index contributed by atoms with van der Waals surface area (Å²) in [6.07, 6.45) is 0.911. The molecule has 1 aliphatic heterocycles. The second-order valence-electron chi connectivity index (χ2n) is 6.31. The van der Waals surface area contributed by atoms with Gasteiger partial charge in [-0.25, -0.2) is 0 Å². The SMILES string of the molecule is Cc1cc(C=O)ccc1N1CCN(C(C)(C)C)CC1. The fourth-order valence-corrected chi connectivity index (χ4v) is 2.72. The van der Waals surface area contributed by atoms with Gasteiger partial charge in [-0.3, -0.25) is 9.69 Å². The number of hydrogen-bond acceptors (Lipinski definition) is 3. The van der Waals surface area contributed by atoms with Crippen LogP contribution in [0.15, 0.2) is 18.2 Å². The summed E-state index contributed by atoms with van der Waals surface area (Å²) in [5.41, 5.74) is 3.46. The van der Waals surface area contributed by atoms with Crippen molar-refractivity contribution < 1.29 is 4.79 Å². The first-order chi connectivity index (χ1) is 8.91. The third-order valence-corrected chi connectivity index (χ3v) is 3.93. The predicted molar refractivity (Wildman–Crippen MR) is 80.1 cm³/mol. The molecule has 1 saturated heterocycles. The summed E-state index contributed by atoms with van der Waals surface area (Å²) in [4.78, 5) is 15.7. The highest BCUT2D eigenvalue weighted by molar-refractivity contribution is 5.77. The Labute approximate surface area is 116 Å². The van der Waals surface area contributed by atoms with Gasteiger partial charge >= 0.3 is 0 Å². The van der Waals surface area contributed by atoms with Crippen LogP contribution >= 0.6 is 0 Å². The zero-order chi connectivity index (χ0) is 14.0. The van der Waals surface area contributed by atoms with Crippen LogP contribution in [0, 0.1) is 6.92 Å². The van der Waals surface area contributed by atoms with E-state index in [0.717, 1.165) is 38.0 Å². The molecule has 0 aliphatic carbocycles. The maximum atomic E-state index is 10.8. The average Bonchev–Trinajstić information content (AvgIpc) is 2.37. The molecule has 3 heteroatoms. The molecule has 0 aromatic heterocycles. The Hall–Kier alpha value is -1.35. The number of nitrogens with zero attached hydrogens (tertiary/aromatic N) is 2. The Morgan fingerprint density at radius 3 is 2.21 bits per heavy atom. The summed E-state index contributed by atoms with van der Waals surface area (Å²) >= 11 is 0. The van der Waals surface area contributed by atoms with Gasteiger partial charge in [-0.1, -0.05) is 0 Å². The number of aldehydes is 1. The van der Waals surface area contributed by atoms with Crippen molar-refractivity contribution in [2.24, 2.45) is 0 Å². The number of benzene rings is 1. The van der Waals surface area contributed by atoms with Gasteiger partial charge in [0.25, 0.3) is 0 Å². The molecule has 19 heavy (non-hydrogen) atoms. The predicted octanol–water partition coefficient (Wildman–Crippen LogP) is 2.73. The summed E-state index contributed by atoms with van der Waals surface area (Å²) in [6, 6.07) is 5.95. The summed E-state index contributed by atoms with van der Waals surface area (Å²) in [6.45, 7) is 13.2.